The second kappa shape index (κ2) is 5.95. The first-order valence-corrected chi connectivity index (χ1v) is 9.78. The Morgan fingerprint density at radius 2 is 1.81 bits per heavy atom. The van der Waals surface area contributed by atoms with E-state index in [1.165, 1.54) is 27.9 Å². The molecule has 0 bridgehead atoms. The monoisotopic (exact) mass is 397 g/mol. The number of aromatic amines is 1. The minimum absolute atomic E-state index is 0.523. The summed E-state index contributed by atoms with van der Waals surface area (Å²) in [5, 5.41) is 11.7. The van der Waals surface area contributed by atoms with Crippen LogP contribution in [0.1, 0.15) is 16.8 Å². The molecule has 0 radical (unpaired) electrons. The molecular formula is C20H13Cl2N3S. The lowest BCUT2D eigenvalue weighted by atomic mass is 10.1. The van der Waals surface area contributed by atoms with Crippen molar-refractivity contribution in [3.05, 3.63) is 69.3 Å². The van der Waals surface area contributed by atoms with Crippen LogP contribution in [0.3, 0.4) is 0 Å². The zero-order valence-corrected chi connectivity index (χ0v) is 16.1. The first kappa shape index (κ1) is 16.1. The van der Waals surface area contributed by atoms with Crippen molar-refractivity contribution < 1.29 is 0 Å². The first-order valence-electron chi connectivity index (χ1n) is 8.21. The fourth-order valence-corrected chi connectivity index (χ4v) is 4.82. The second-order valence-corrected chi connectivity index (χ2v) is 8.15. The molecular weight excluding hydrogens is 385 g/mol. The average molecular weight is 398 g/mol. The minimum Gasteiger partial charge on any atom is -0.358 e. The molecule has 2 heterocycles. The van der Waals surface area contributed by atoms with E-state index in [2.05, 4.69) is 46.4 Å². The minimum atomic E-state index is 0.523. The molecule has 2 aromatic heterocycles. The third-order valence-electron chi connectivity index (χ3n) is 4.75. The molecule has 0 aliphatic heterocycles. The molecule has 0 saturated heterocycles. The van der Waals surface area contributed by atoms with Crippen LogP contribution in [0.4, 0.5) is 0 Å². The van der Waals surface area contributed by atoms with Crippen LogP contribution in [0, 0.1) is 6.92 Å². The van der Waals surface area contributed by atoms with E-state index in [0.717, 1.165) is 27.7 Å². The number of H-pyrrole nitrogens is 1. The maximum Gasteiger partial charge on any atom is 0.150 e. The van der Waals surface area contributed by atoms with Gasteiger partial charge in [0.15, 0.2) is 0 Å². The van der Waals surface area contributed by atoms with E-state index in [9.17, 15) is 0 Å². The van der Waals surface area contributed by atoms with Crippen molar-refractivity contribution in [2.45, 2.75) is 13.3 Å². The molecule has 1 aliphatic rings. The van der Waals surface area contributed by atoms with Gasteiger partial charge in [0.25, 0.3) is 0 Å². The van der Waals surface area contributed by atoms with Crippen LogP contribution in [-0.2, 0) is 6.42 Å². The van der Waals surface area contributed by atoms with Gasteiger partial charge in [0.2, 0.25) is 0 Å². The van der Waals surface area contributed by atoms with Gasteiger partial charge in [-0.15, -0.1) is 10.2 Å². The van der Waals surface area contributed by atoms with Gasteiger partial charge in [-0.3, -0.25) is 0 Å². The van der Waals surface area contributed by atoms with Crippen molar-refractivity contribution in [2.24, 2.45) is 0 Å². The Balaban J connectivity index is 1.59. The van der Waals surface area contributed by atoms with E-state index >= 15 is 0 Å². The molecule has 0 fully saturated rings. The van der Waals surface area contributed by atoms with Crippen LogP contribution in [0.25, 0.3) is 32.4 Å². The molecule has 5 rings (SSSR count). The van der Waals surface area contributed by atoms with Gasteiger partial charge in [-0.25, -0.2) is 0 Å². The zero-order chi connectivity index (χ0) is 17.8. The summed E-state index contributed by atoms with van der Waals surface area (Å²) < 4.78 is 0. The normalized spacial score (nSPS) is 12.3. The van der Waals surface area contributed by atoms with Crippen LogP contribution in [0.5, 0.6) is 0 Å². The quantitative estimate of drug-likeness (QED) is 0.375. The number of hydrogen-bond acceptors (Lipinski definition) is 3. The molecule has 6 heteroatoms. The number of rotatable bonds is 2. The SMILES string of the molecule is Cc1[nH]c2c(c1-c1nnc(-c3ccc(Cl)c(Cl)c3)s1)Cc1ccccc1-2. The molecule has 1 N–H and O–H groups in total. The summed E-state index contributed by atoms with van der Waals surface area (Å²) in [6, 6.07) is 14.1. The highest BCUT2D eigenvalue weighted by molar-refractivity contribution is 7.18. The number of hydrogen-bond donors (Lipinski definition) is 1. The highest BCUT2D eigenvalue weighted by atomic mass is 35.5. The van der Waals surface area contributed by atoms with Crippen molar-refractivity contribution in [1.82, 2.24) is 15.2 Å². The van der Waals surface area contributed by atoms with Crippen molar-refractivity contribution in [3.63, 3.8) is 0 Å². The highest BCUT2D eigenvalue weighted by Gasteiger charge is 2.27. The summed E-state index contributed by atoms with van der Waals surface area (Å²) in [5.74, 6) is 0. The smallest absolute Gasteiger partial charge is 0.150 e. The average Bonchev–Trinajstić information content (AvgIpc) is 3.31. The topological polar surface area (TPSA) is 41.6 Å². The van der Waals surface area contributed by atoms with E-state index in [0.29, 0.717) is 10.0 Å². The predicted molar refractivity (Wildman–Crippen MR) is 108 cm³/mol. The standard InChI is InChI=1S/C20H13Cl2N3S/c1-10-17(14-8-11-4-2-3-5-13(11)18(14)23-10)20-25-24-19(26-20)12-6-7-15(21)16(22)9-12/h2-7,9,23H,8H2,1H3. The largest absolute Gasteiger partial charge is 0.358 e. The van der Waals surface area contributed by atoms with Gasteiger partial charge < -0.3 is 4.98 Å². The van der Waals surface area contributed by atoms with Crippen LogP contribution in [0.15, 0.2) is 42.5 Å². The fraction of sp³-hybridized carbons (Fsp3) is 0.100. The number of nitrogens with zero attached hydrogens (tertiary/aromatic N) is 2. The van der Waals surface area contributed by atoms with Crippen molar-refractivity contribution in [3.8, 4) is 32.4 Å². The van der Waals surface area contributed by atoms with Gasteiger partial charge in [-0.2, -0.15) is 0 Å². The second-order valence-electron chi connectivity index (χ2n) is 6.35. The Bertz CT molecular complexity index is 1160. The molecule has 0 amide bonds. The molecule has 0 saturated carbocycles. The van der Waals surface area contributed by atoms with Crippen molar-refractivity contribution in [1.29, 1.82) is 0 Å². The van der Waals surface area contributed by atoms with E-state index in [1.807, 2.05) is 12.1 Å². The van der Waals surface area contributed by atoms with Gasteiger partial charge in [0.05, 0.1) is 15.7 Å². The molecule has 0 unspecified atom stereocenters. The van der Waals surface area contributed by atoms with Gasteiger partial charge in [-0.05, 0) is 30.2 Å². The van der Waals surface area contributed by atoms with Crippen LogP contribution in [-0.4, -0.2) is 15.2 Å². The summed E-state index contributed by atoms with van der Waals surface area (Å²) in [6.07, 6.45) is 0.923. The maximum atomic E-state index is 6.14. The highest BCUT2D eigenvalue weighted by Crippen LogP contribution is 2.44. The summed E-state index contributed by atoms with van der Waals surface area (Å²) in [5.41, 5.74) is 8.37. The van der Waals surface area contributed by atoms with E-state index in [1.54, 1.807) is 17.4 Å². The Morgan fingerprint density at radius 3 is 2.65 bits per heavy atom. The van der Waals surface area contributed by atoms with Crippen LogP contribution >= 0.6 is 34.5 Å². The first-order chi connectivity index (χ1) is 12.6. The van der Waals surface area contributed by atoms with Crippen molar-refractivity contribution in [2.75, 3.05) is 0 Å². The third kappa shape index (κ3) is 2.41. The van der Waals surface area contributed by atoms with E-state index in [4.69, 9.17) is 23.2 Å². The maximum absolute atomic E-state index is 6.14. The van der Waals surface area contributed by atoms with E-state index < -0.39 is 0 Å². The van der Waals surface area contributed by atoms with Crippen LogP contribution < -0.4 is 0 Å². The van der Waals surface area contributed by atoms with Gasteiger partial charge >= 0.3 is 0 Å². The molecule has 3 nitrogen and oxygen atoms in total. The Kier molecular flexibility index (Phi) is 3.67. The number of nitrogens with one attached hydrogen (secondary N) is 1. The predicted octanol–water partition coefficient (Wildman–Crippen LogP) is 6.39. The molecule has 0 spiro atoms. The molecule has 26 heavy (non-hydrogen) atoms. The summed E-state index contributed by atoms with van der Waals surface area (Å²) in [6.45, 7) is 2.09. The zero-order valence-electron chi connectivity index (χ0n) is 13.8. The number of halogens is 2. The third-order valence-corrected chi connectivity index (χ3v) is 6.48. The summed E-state index contributed by atoms with van der Waals surface area (Å²) >= 11 is 13.7. The number of aryl methyl sites for hydroxylation is 1. The fourth-order valence-electron chi connectivity index (χ4n) is 3.55. The summed E-state index contributed by atoms with van der Waals surface area (Å²) in [7, 11) is 0. The van der Waals surface area contributed by atoms with Gasteiger partial charge in [0, 0.05) is 28.8 Å². The molecule has 2 aromatic carbocycles. The Hall–Kier alpha value is -2.14. The Labute approximate surface area is 164 Å². The lowest BCUT2D eigenvalue weighted by Gasteiger charge is -2.00. The lowest BCUT2D eigenvalue weighted by molar-refractivity contribution is 1.09. The molecule has 0 atom stereocenters. The lowest BCUT2D eigenvalue weighted by Crippen LogP contribution is -1.86. The number of aromatic nitrogens is 3. The van der Waals surface area contributed by atoms with Gasteiger partial charge in [-0.1, -0.05) is 64.9 Å². The number of benzene rings is 2. The van der Waals surface area contributed by atoms with E-state index in [-0.39, 0.29) is 0 Å². The summed E-state index contributed by atoms with van der Waals surface area (Å²) in [4.78, 5) is 3.55. The Morgan fingerprint density at radius 1 is 1.00 bits per heavy atom. The molecule has 1 aliphatic carbocycles. The molecule has 4 aromatic rings. The molecule has 128 valence electrons. The van der Waals surface area contributed by atoms with Crippen molar-refractivity contribution >= 4 is 34.5 Å². The number of fused-ring (bicyclic) bond motifs is 3. The van der Waals surface area contributed by atoms with Gasteiger partial charge in [0.1, 0.15) is 10.0 Å². The van der Waals surface area contributed by atoms with Crippen LogP contribution in [0.2, 0.25) is 10.0 Å².